The van der Waals surface area contributed by atoms with Gasteiger partial charge in [0.1, 0.15) is 0 Å². The van der Waals surface area contributed by atoms with E-state index in [0.717, 1.165) is 29.6 Å². The molecule has 0 bridgehead atoms. The Morgan fingerprint density at radius 2 is 1.26 bits per heavy atom. The zero-order valence-corrected chi connectivity index (χ0v) is 16.0. The molecular formula is C23H36. The number of rotatable bonds is 2. The normalized spacial score (nSPS) is 35.3. The summed E-state index contributed by atoms with van der Waals surface area (Å²) in [5.41, 5.74) is 6.47. The Morgan fingerprint density at radius 1 is 0.696 bits per heavy atom. The molecule has 0 aromatic heterocycles. The van der Waals surface area contributed by atoms with E-state index in [1.807, 2.05) is 0 Å². The largest absolute Gasteiger partial charge is 0.0625 e. The Kier molecular flexibility index (Phi) is 5.19. The Balaban J connectivity index is 1.85. The van der Waals surface area contributed by atoms with E-state index < -0.39 is 0 Å². The van der Waals surface area contributed by atoms with E-state index in [2.05, 4.69) is 46.8 Å². The fraction of sp³-hybridized carbons (Fsp3) is 0.739. The molecule has 128 valence electrons. The molecule has 2 aliphatic rings. The summed E-state index contributed by atoms with van der Waals surface area (Å²) in [6, 6.07) is 5.11. The van der Waals surface area contributed by atoms with Crippen LogP contribution in [0.1, 0.15) is 99.8 Å². The van der Waals surface area contributed by atoms with Crippen LogP contribution in [0.4, 0.5) is 0 Å². The smallest absolute Gasteiger partial charge is 0.0154 e. The molecule has 23 heavy (non-hydrogen) atoms. The molecule has 0 heteroatoms. The van der Waals surface area contributed by atoms with Crippen molar-refractivity contribution in [1.29, 1.82) is 0 Å². The topological polar surface area (TPSA) is 0 Å². The van der Waals surface area contributed by atoms with Gasteiger partial charge in [-0.05, 0) is 97.8 Å². The SMILES string of the molecule is Cc1cc(C2CC(C)CC(C)C2)cc(C)c1C1CCCC(C)C1. The fourth-order valence-electron chi connectivity index (χ4n) is 5.80. The van der Waals surface area contributed by atoms with Crippen molar-refractivity contribution in [2.75, 3.05) is 0 Å². The van der Waals surface area contributed by atoms with Crippen LogP contribution in [0.25, 0.3) is 0 Å². The Hall–Kier alpha value is -0.780. The fourth-order valence-corrected chi connectivity index (χ4v) is 5.80. The highest BCUT2D eigenvalue weighted by molar-refractivity contribution is 5.42. The molecule has 0 saturated heterocycles. The second kappa shape index (κ2) is 6.99. The minimum Gasteiger partial charge on any atom is -0.0625 e. The zero-order chi connectivity index (χ0) is 16.6. The van der Waals surface area contributed by atoms with E-state index in [0.29, 0.717) is 0 Å². The third kappa shape index (κ3) is 3.83. The maximum absolute atomic E-state index is 2.55. The lowest BCUT2D eigenvalue weighted by atomic mass is 9.72. The molecule has 4 unspecified atom stereocenters. The van der Waals surface area contributed by atoms with Crippen molar-refractivity contribution in [3.8, 4) is 0 Å². The molecule has 2 aliphatic carbocycles. The van der Waals surface area contributed by atoms with Gasteiger partial charge in [-0.1, -0.05) is 45.7 Å². The second-order valence-corrected chi connectivity index (χ2v) is 9.15. The number of hydrogen-bond donors (Lipinski definition) is 0. The van der Waals surface area contributed by atoms with Crippen molar-refractivity contribution in [3.05, 3.63) is 34.4 Å². The number of benzene rings is 1. The van der Waals surface area contributed by atoms with Crippen LogP contribution in [0.3, 0.4) is 0 Å². The van der Waals surface area contributed by atoms with Crippen LogP contribution in [0, 0.1) is 31.6 Å². The minimum atomic E-state index is 0.797. The van der Waals surface area contributed by atoms with Crippen molar-refractivity contribution >= 4 is 0 Å². The average molecular weight is 313 g/mol. The van der Waals surface area contributed by atoms with Crippen LogP contribution >= 0.6 is 0 Å². The first-order valence-electron chi connectivity index (χ1n) is 10.0. The van der Waals surface area contributed by atoms with E-state index in [9.17, 15) is 0 Å². The minimum absolute atomic E-state index is 0.797. The highest BCUT2D eigenvalue weighted by Crippen LogP contribution is 2.43. The Labute approximate surface area is 144 Å². The molecule has 2 fully saturated rings. The third-order valence-electron chi connectivity index (χ3n) is 6.61. The summed E-state index contributed by atoms with van der Waals surface area (Å²) in [4.78, 5) is 0. The molecule has 2 saturated carbocycles. The van der Waals surface area contributed by atoms with Crippen molar-refractivity contribution in [2.45, 2.75) is 91.4 Å². The molecule has 0 spiro atoms. The summed E-state index contributed by atoms with van der Waals surface area (Å²) in [7, 11) is 0. The zero-order valence-electron chi connectivity index (χ0n) is 16.0. The van der Waals surface area contributed by atoms with Gasteiger partial charge in [0.2, 0.25) is 0 Å². The molecule has 0 radical (unpaired) electrons. The molecule has 0 aliphatic heterocycles. The van der Waals surface area contributed by atoms with Gasteiger partial charge in [-0.3, -0.25) is 0 Å². The van der Waals surface area contributed by atoms with E-state index in [4.69, 9.17) is 0 Å². The molecule has 0 heterocycles. The summed E-state index contributed by atoms with van der Waals surface area (Å²) in [5.74, 6) is 4.31. The van der Waals surface area contributed by atoms with Gasteiger partial charge in [-0.25, -0.2) is 0 Å². The molecule has 0 nitrogen and oxygen atoms in total. The van der Waals surface area contributed by atoms with Crippen molar-refractivity contribution < 1.29 is 0 Å². The van der Waals surface area contributed by atoms with Crippen LogP contribution in [0.2, 0.25) is 0 Å². The monoisotopic (exact) mass is 312 g/mol. The van der Waals surface area contributed by atoms with E-state index >= 15 is 0 Å². The van der Waals surface area contributed by atoms with E-state index in [1.165, 1.54) is 44.9 Å². The Bertz CT molecular complexity index is 508. The summed E-state index contributed by atoms with van der Waals surface area (Å²) in [6.07, 6.45) is 9.87. The lowest BCUT2D eigenvalue weighted by molar-refractivity contribution is 0.268. The predicted octanol–water partition coefficient (Wildman–Crippen LogP) is 7.14. The first-order chi connectivity index (χ1) is 10.9. The maximum atomic E-state index is 2.55. The maximum Gasteiger partial charge on any atom is -0.0154 e. The second-order valence-electron chi connectivity index (χ2n) is 9.15. The van der Waals surface area contributed by atoms with Crippen LogP contribution in [-0.2, 0) is 0 Å². The highest BCUT2D eigenvalue weighted by atomic mass is 14.3. The lowest BCUT2D eigenvalue weighted by Gasteiger charge is -2.33. The quantitative estimate of drug-likeness (QED) is 0.544. The van der Waals surface area contributed by atoms with Gasteiger partial charge in [0.05, 0.1) is 0 Å². The summed E-state index contributed by atoms with van der Waals surface area (Å²) in [6.45, 7) is 12.1. The first kappa shape index (κ1) is 17.1. The summed E-state index contributed by atoms with van der Waals surface area (Å²) < 4.78 is 0. The van der Waals surface area contributed by atoms with Crippen molar-refractivity contribution in [1.82, 2.24) is 0 Å². The molecule has 1 aromatic carbocycles. The van der Waals surface area contributed by atoms with Gasteiger partial charge in [0.15, 0.2) is 0 Å². The van der Waals surface area contributed by atoms with Crippen LogP contribution in [0.5, 0.6) is 0 Å². The van der Waals surface area contributed by atoms with Gasteiger partial charge in [-0.2, -0.15) is 0 Å². The molecular weight excluding hydrogens is 276 g/mol. The average Bonchev–Trinajstić information content (AvgIpc) is 2.45. The standard InChI is InChI=1S/C23H36/c1-15-7-6-8-20(10-15)23-18(4)13-22(14-19(23)5)21-11-16(2)9-17(3)12-21/h13-17,20-21H,6-12H2,1-5H3. The number of aryl methyl sites for hydroxylation is 2. The first-order valence-corrected chi connectivity index (χ1v) is 10.0. The molecule has 1 aromatic rings. The number of hydrogen-bond acceptors (Lipinski definition) is 0. The molecule has 0 N–H and O–H groups in total. The predicted molar refractivity (Wildman–Crippen MR) is 101 cm³/mol. The van der Waals surface area contributed by atoms with Gasteiger partial charge in [-0.15, -0.1) is 0 Å². The van der Waals surface area contributed by atoms with Gasteiger partial charge >= 0.3 is 0 Å². The van der Waals surface area contributed by atoms with Crippen LogP contribution in [-0.4, -0.2) is 0 Å². The summed E-state index contributed by atoms with van der Waals surface area (Å²) >= 11 is 0. The van der Waals surface area contributed by atoms with E-state index in [1.54, 1.807) is 22.3 Å². The molecule has 4 atom stereocenters. The van der Waals surface area contributed by atoms with Crippen molar-refractivity contribution in [3.63, 3.8) is 0 Å². The van der Waals surface area contributed by atoms with Crippen molar-refractivity contribution in [2.24, 2.45) is 17.8 Å². The highest BCUT2D eigenvalue weighted by Gasteiger charge is 2.27. The van der Waals surface area contributed by atoms with Gasteiger partial charge in [0.25, 0.3) is 0 Å². The van der Waals surface area contributed by atoms with Gasteiger partial charge in [0, 0.05) is 0 Å². The lowest BCUT2D eigenvalue weighted by Crippen LogP contribution is -2.19. The van der Waals surface area contributed by atoms with Crippen LogP contribution < -0.4 is 0 Å². The third-order valence-corrected chi connectivity index (χ3v) is 6.61. The van der Waals surface area contributed by atoms with Crippen LogP contribution in [0.15, 0.2) is 12.1 Å². The summed E-state index contributed by atoms with van der Waals surface area (Å²) in [5, 5.41) is 0. The van der Waals surface area contributed by atoms with Gasteiger partial charge < -0.3 is 0 Å². The molecule has 0 amide bonds. The Morgan fingerprint density at radius 3 is 1.83 bits per heavy atom. The molecule has 3 rings (SSSR count). The van der Waals surface area contributed by atoms with E-state index in [-0.39, 0.29) is 0 Å².